The molecule has 1 N–H and O–H groups in total. The first-order valence-electron chi connectivity index (χ1n) is 5.52. The van der Waals surface area contributed by atoms with Gasteiger partial charge in [-0.3, -0.25) is 14.5 Å². The molecule has 0 aromatic heterocycles. The van der Waals surface area contributed by atoms with E-state index in [4.69, 9.17) is 0 Å². The highest BCUT2D eigenvalue weighted by Crippen LogP contribution is 2.28. The number of hydrogen-bond acceptors (Lipinski definition) is 6. The molecule has 1 heterocycles. The lowest BCUT2D eigenvalue weighted by Crippen LogP contribution is -2.42. The number of hydrogen-bond donors (Lipinski definition) is 1. The summed E-state index contributed by atoms with van der Waals surface area (Å²) in [5.41, 5.74) is 1.72. The Labute approximate surface area is 113 Å². The number of aliphatic carboxylic acids is 1. The van der Waals surface area contributed by atoms with Crippen molar-refractivity contribution in [2.45, 2.75) is 12.3 Å². The topological polar surface area (TPSA) is 89.5 Å². The second-order valence-corrected chi connectivity index (χ2v) is 5.13. The monoisotopic (exact) mass is 279 g/mol. The molecule has 0 spiro atoms. The van der Waals surface area contributed by atoms with Crippen LogP contribution in [-0.2, 0) is 9.59 Å². The summed E-state index contributed by atoms with van der Waals surface area (Å²) in [6.07, 6.45) is 0. The van der Waals surface area contributed by atoms with Gasteiger partial charge in [-0.05, 0) is 36.4 Å². The predicted molar refractivity (Wildman–Crippen MR) is 68.3 cm³/mol. The fourth-order valence-corrected chi connectivity index (χ4v) is 2.60. The van der Waals surface area contributed by atoms with Crippen LogP contribution in [0.1, 0.15) is 5.56 Å². The van der Waals surface area contributed by atoms with Crippen molar-refractivity contribution >= 4 is 34.6 Å². The van der Waals surface area contributed by atoms with Crippen molar-refractivity contribution in [2.75, 3.05) is 11.9 Å². The average Bonchev–Trinajstić information content (AvgIpc) is 2.57. The molecule has 1 saturated heterocycles. The summed E-state index contributed by atoms with van der Waals surface area (Å²) in [7, 11) is 0. The van der Waals surface area contributed by atoms with Crippen LogP contribution in [0.4, 0.5) is 10.5 Å². The van der Waals surface area contributed by atoms with Gasteiger partial charge in [0.05, 0.1) is 12.5 Å². The van der Waals surface area contributed by atoms with Crippen LogP contribution < -0.4 is 10.4 Å². The summed E-state index contributed by atoms with van der Waals surface area (Å²) in [6, 6.07) is 7.33. The zero-order chi connectivity index (χ0) is 14.0. The van der Waals surface area contributed by atoms with Crippen molar-refractivity contribution in [1.29, 1.82) is 0 Å². The molecule has 6 nitrogen and oxygen atoms in total. The molecule has 0 radical (unpaired) electrons. The Morgan fingerprint density at radius 1 is 1.47 bits per heavy atom. The number of carbonyl (C=O) groups excluding carboxylic acids is 3. The third-order valence-electron chi connectivity index (χ3n) is 2.53. The van der Waals surface area contributed by atoms with Crippen molar-refractivity contribution in [3.8, 4) is 0 Å². The first-order chi connectivity index (χ1) is 8.97. The minimum absolute atomic E-state index is 0.569. The van der Waals surface area contributed by atoms with Crippen LogP contribution in [0.5, 0.6) is 0 Å². The van der Waals surface area contributed by atoms with E-state index in [2.05, 4.69) is 5.32 Å². The molecule has 1 aliphatic heterocycles. The third-order valence-corrected chi connectivity index (χ3v) is 3.51. The Morgan fingerprint density at radius 2 is 2.21 bits per heavy atom. The molecule has 0 bridgehead atoms. The molecular weight excluding hydrogens is 268 g/mol. The van der Waals surface area contributed by atoms with Gasteiger partial charge in [-0.15, -0.1) is 0 Å². The fourth-order valence-electron chi connectivity index (χ4n) is 1.70. The van der Waals surface area contributed by atoms with Gasteiger partial charge in [0.25, 0.3) is 11.1 Å². The maximum absolute atomic E-state index is 11.9. The molecule has 2 rings (SSSR count). The van der Waals surface area contributed by atoms with Gasteiger partial charge in [0.1, 0.15) is 0 Å². The second kappa shape index (κ2) is 5.31. The first kappa shape index (κ1) is 13.4. The van der Waals surface area contributed by atoms with E-state index in [1.165, 1.54) is 0 Å². The van der Waals surface area contributed by atoms with Crippen molar-refractivity contribution in [1.82, 2.24) is 4.90 Å². The number of rotatable bonds is 4. The van der Waals surface area contributed by atoms with Crippen LogP contribution in [0.2, 0.25) is 0 Å². The van der Waals surface area contributed by atoms with E-state index in [0.29, 0.717) is 10.6 Å². The number of thioether (sulfide) groups is 1. The first-order valence-corrected chi connectivity index (χ1v) is 6.40. The number of anilines is 1. The molecule has 100 valence electrons. The summed E-state index contributed by atoms with van der Waals surface area (Å²) in [5, 5.41) is 12.0. The highest BCUT2D eigenvalue weighted by atomic mass is 32.2. The Balaban J connectivity index is 2.09. The number of amides is 2. The third kappa shape index (κ3) is 3.05. The molecule has 2 amide bonds. The molecule has 0 saturated carbocycles. The largest absolute Gasteiger partial charge is 0.548 e. The lowest BCUT2D eigenvalue weighted by atomic mass is 10.2. The van der Waals surface area contributed by atoms with Gasteiger partial charge in [-0.25, -0.2) is 0 Å². The molecule has 0 aliphatic carbocycles. The zero-order valence-corrected chi connectivity index (χ0v) is 10.9. The van der Waals surface area contributed by atoms with E-state index in [0.717, 1.165) is 17.3 Å². The van der Waals surface area contributed by atoms with Gasteiger partial charge in [-0.2, -0.15) is 0 Å². The van der Waals surface area contributed by atoms with E-state index in [-0.39, 0.29) is 0 Å². The van der Waals surface area contributed by atoms with E-state index < -0.39 is 29.0 Å². The highest BCUT2D eigenvalue weighted by molar-refractivity contribution is 8.15. The smallest absolute Gasteiger partial charge is 0.291 e. The number of nitrogens with one attached hydrogen (secondary N) is 1. The van der Waals surface area contributed by atoms with Gasteiger partial charge in [0.2, 0.25) is 0 Å². The summed E-state index contributed by atoms with van der Waals surface area (Å²) in [4.78, 5) is 34.5. The Morgan fingerprint density at radius 3 is 2.84 bits per heavy atom. The van der Waals surface area contributed by atoms with Gasteiger partial charge < -0.3 is 15.2 Å². The number of carboxylic acids is 1. The number of benzene rings is 1. The van der Waals surface area contributed by atoms with E-state index in [1.807, 2.05) is 25.1 Å². The maximum Gasteiger partial charge on any atom is 0.291 e. The summed E-state index contributed by atoms with van der Waals surface area (Å²) >= 11 is 0.760. The van der Waals surface area contributed by atoms with Crippen LogP contribution in [0.3, 0.4) is 0 Å². The number of imide groups is 1. The van der Waals surface area contributed by atoms with Crippen LogP contribution in [0, 0.1) is 6.92 Å². The molecule has 1 atom stereocenters. The minimum atomic E-state index is -1.46. The Hall–Kier alpha value is -2.02. The molecular formula is C12H11N2O4S-. The molecule has 19 heavy (non-hydrogen) atoms. The van der Waals surface area contributed by atoms with Crippen LogP contribution in [0.25, 0.3) is 0 Å². The predicted octanol–water partition coefficient (Wildman–Crippen LogP) is 0.178. The molecule has 0 unspecified atom stereocenters. The number of nitrogens with zero attached hydrogens (tertiary/aromatic N) is 1. The lowest BCUT2D eigenvalue weighted by molar-refractivity contribution is -0.305. The molecule has 1 fully saturated rings. The van der Waals surface area contributed by atoms with Crippen molar-refractivity contribution in [2.24, 2.45) is 0 Å². The van der Waals surface area contributed by atoms with E-state index >= 15 is 0 Å². The SMILES string of the molecule is Cc1cccc(N[C@H]2SC(=O)N(CC(=O)[O-])C2=O)c1. The van der Waals surface area contributed by atoms with E-state index in [1.54, 1.807) is 6.07 Å². The molecule has 1 aromatic rings. The number of aryl methyl sites for hydroxylation is 1. The van der Waals surface area contributed by atoms with Crippen LogP contribution in [-0.4, -0.2) is 33.9 Å². The second-order valence-electron chi connectivity index (χ2n) is 4.07. The minimum Gasteiger partial charge on any atom is -0.548 e. The average molecular weight is 279 g/mol. The normalized spacial score (nSPS) is 18.8. The van der Waals surface area contributed by atoms with E-state index in [9.17, 15) is 19.5 Å². The molecule has 7 heteroatoms. The van der Waals surface area contributed by atoms with Gasteiger partial charge in [0, 0.05) is 5.69 Å². The highest BCUT2D eigenvalue weighted by Gasteiger charge is 2.39. The summed E-state index contributed by atoms with van der Waals surface area (Å²) in [5.74, 6) is -2.03. The Bertz CT molecular complexity index is 546. The fraction of sp³-hybridized carbons (Fsp3) is 0.250. The molecule has 1 aromatic carbocycles. The van der Waals surface area contributed by atoms with Crippen LogP contribution in [0.15, 0.2) is 24.3 Å². The van der Waals surface area contributed by atoms with Crippen molar-refractivity contribution in [3.63, 3.8) is 0 Å². The maximum atomic E-state index is 11.9. The van der Waals surface area contributed by atoms with Crippen molar-refractivity contribution in [3.05, 3.63) is 29.8 Å². The van der Waals surface area contributed by atoms with Crippen molar-refractivity contribution < 1.29 is 19.5 Å². The van der Waals surface area contributed by atoms with Crippen LogP contribution >= 0.6 is 11.8 Å². The van der Waals surface area contributed by atoms with Gasteiger partial charge >= 0.3 is 0 Å². The van der Waals surface area contributed by atoms with Gasteiger partial charge in [-0.1, -0.05) is 12.1 Å². The lowest BCUT2D eigenvalue weighted by Gasteiger charge is -2.15. The summed E-state index contributed by atoms with van der Waals surface area (Å²) in [6.45, 7) is 1.19. The number of carboxylic acid groups (broad SMARTS) is 1. The quantitative estimate of drug-likeness (QED) is 0.845. The van der Waals surface area contributed by atoms with Gasteiger partial charge in [0.15, 0.2) is 5.37 Å². The Kier molecular flexibility index (Phi) is 3.75. The molecule has 1 aliphatic rings. The number of carbonyl (C=O) groups is 3. The zero-order valence-electron chi connectivity index (χ0n) is 10.1. The summed E-state index contributed by atoms with van der Waals surface area (Å²) < 4.78 is 0. The standard InChI is InChI=1S/C12H12N2O4S/c1-7-3-2-4-8(5-7)13-10-11(17)14(6-9(15)16)12(18)19-10/h2-5,10,13H,6H2,1H3,(H,15,16)/p-1/t10-/m0/s1.